The third-order valence-electron chi connectivity index (χ3n) is 12.9. The number of thioether (sulfide) groups is 1. The fourth-order valence-corrected chi connectivity index (χ4v) is 8.39. The Morgan fingerprint density at radius 2 is 0.886 bits per heavy atom. The van der Waals surface area contributed by atoms with Crippen molar-refractivity contribution in [1.82, 2.24) is 69.1 Å². The first-order valence-electron chi connectivity index (χ1n) is 28.5. The molecule has 500 valence electrons. The van der Waals surface area contributed by atoms with Gasteiger partial charge in [-0.2, -0.15) is 11.8 Å². The van der Waals surface area contributed by atoms with E-state index in [-0.39, 0.29) is 63.3 Å². The van der Waals surface area contributed by atoms with Gasteiger partial charge in [0.1, 0.15) is 66.2 Å². The van der Waals surface area contributed by atoms with Crippen LogP contribution < -0.4 is 86.3 Å². The Balaban J connectivity index is 6.39. The zero-order chi connectivity index (χ0) is 67.2. The van der Waals surface area contributed by atoms with Crippen molar-refractivity contribution in [2.24, 2.45) is 29.0 Å². The lowest BCUT2D eigenvalue weighted by atomic mass is 9.97. The Kier molecular flexibility index (Phi) is 39.9. The third-order valence-corrected chi connectivity index (χ3v) is 13.5. The highest BCUT2D eigenvalue weighted by atomic mass is 32.2. The number of primary amides is 1. The van der Waals surface area contributed by atoms with Gasteiger partial charge in [-0.1, -0.05) is 34.1 Å². The van der Waals surface area contributed by atoms with Crippen LogP contribution in [-0.2, 0) is 67.1 Å². The van der Waals surface area contributed by atoms with Crippen LogP contribution in [0.2, 0.25) is 0 Å². The molecule has 0 saturated heterocycles. The van der Waals surface area contributed by atoms with Crippen molar-refractivity contribution in [3.63, 3.8) is 0 Å². The molecule has 11 atom stereocenters. The molecule has 36 heteroatoms. The maximum absolute atomic E-state index is 14.2. The van der Waals surface area contributed by atoms with Crippen molar-refractivity contribution >= 4 is 100 Å². The number of nitrogens with two attached hydrogens (primary N) is 3. The predicted octanol–water partition coefficient (Wildman–Crippen LogP) is -9.24. The van der Waals surface area contributed by atoms with E-state index in [2.05, 4.69) is 63.8 Å². The lowest BCUT2D eigenvalue weighted by molar-refractivity contribution is -0.137. The van der Waals surface area contributed by atoms with E-state index in [1.165, 1.54) is 32.5 Å². The van der Waals surface area contributed by atoms with Gasteiger partial charge in [0.05, 0.1) is 45.9 Å². The molecule has 0 bridgehead atoms. The third kappa shape index (κ3) is 32.3. The van der Waals surface area contributed by atoms with Crippen LogP contribution in [0.25, 0.3) is 0 Å². The van der Waals surface area contributed by atoms with Gasteiger partial charge >= 0.3 is 0 Å². The van der Waals surface area contributed by atoms with Crippen LogP contribution in [0.5, 0.6) is 0 Å². The molecule has 0 spiro atoms. The lowest BCUT2D eigenvalue weighted by Gasteiger charge is -2.29. The van der Waals surface area contributed by atoms with Crippen molar-refractivity contribution in [2.75, 3.05) is 64.6 Å². The number of unbranched alkanes of at least 4 members (excludes halogenated alkanes) is 1. The number of aliphatic hydroxyl groups excluding tert-OH is 4. The van der Waals surface area contributed by atoms with E-state index in [0.29, 0.717) is 25.1 Å². The normalized spacial score (nSPS) is 14.7. The second-order valence-electron chi connectivity index (χ2n) is 20.9. The van der Waals surface area contributed by atoms with E-state index >= 15 is 0 Å². The van der Waals surface area contributed by atoms with E-state index in [1.807, 2.05) is 5.32 Å². The molecule has 0 aliphatic heterocycles. The van der Waals surface area contributed by atoms with E-state index in [4.69, 9.17) is 22.6 Å². The summed E-state index contributed by atoms with van der Waals surface area (Å²) in [6.07, 6.45) is 2.29. The molecule has 0 rings (SSSR count). The fraction of sp³-hybridized carbons (Fsp3) is 0.712. The number of carbonyl (C=O) groups is 14. The maximum Gasteiger partial charge on any atom is 0.245 e. The molecule has 88 heavy (non-hydrogen) atoms. The number of hydrogen-bond donors (Lipinski definition) is 21. The minimum Gasteiger partial charge on any atom is -0.394 e. The highest BCUT2D eigenvalue weighted by molar-refractivity contribution is 7.98. The standard InChI is InChI=1S/C52H93N17O18S/c1-8-27(4)41(69-46(82)31(13-11-16-57-52(55)56)62-47(83)34(19-39(54)76)64-45(81)32(14-17-88-7)63-44(80)30(60-29(6)75)12-9-10-15-53)51(87)68-38(25-73)50(86)67-37(24-72)49(85)66-36(23-71)48(84)65-35(22-70)43(79)59-21-40(77)61-33(18-26(2)3)42(78)58-20-28(5)74/h26-27,30-38,41,70-73H,8-25,53H2,1-7H3,(H2,54,76)(H,58,78)(H,59,79)(H,60,75)(H,61,77)(H,62,83)(H,63,80)(H,64,81)(H,65,84)(H,66,85)(H,67,86)(H,68,87)(H,69,82)(H4,55,56,57). The van der Waals surface area contributed by atoms with Crippen molar-refractivity contribution < 1.29 is 87.5 Å². The quantitative estimate of drug-likeness (QED) is 0.0153. The Bertz CT molecular complexity index is 2370. The SMILES string of the molecule is CCC(C)C(NC(=O)C(CCCNC(=N)N)NC(=O)C(CC(N)=O)NC(=O)C(CCSC)NC(=O)C(CCCCN)NC(C)=O)C(=O)NC(CO)C(=O)NC(CO)C(=O)NC(CO)C(=O)NC(CO)C(=O)NCC(=O)NC(CC(C)C)C(=O)NCC(C)=O. The minimum absolute atomic E-state index is 0.00942. The van der Waals surface area contributed by atoms with E-state index in [1.54, 1.807) is 27.0 Å². The molecule has 0 saturated carbocycles. The smallest absolute Gasteiger partial charge is 0.245 e. The largest absolute Gasteiger partial charge is 0.394 e. The number of guanidine groups is 1. The van der Waals surface area contributed by atoms with Gasteiger partial charge in [-0.25, -0.2) is 0 Å². The van der Waals surface area contributed by atoms with Crippen LogP contribution in [0.3, 0.4) is 0 Å². The van der Waals surface area contributed by atoms with Crippen molar-refractivity contribution in [2.45, 2.75) is 160 Å². The number of hydrogen-bond acceptors (Lipinski definition) is 21. The molecule has 13 amide bonds. The van der Waals surface area contributed by atoms with Gasteiger partial charge in [-0.3, -0.25) is 72.5 Å². The summed E-state index contributed by atoms with van der Waals surface area (Å²) in [5, 5.41) is 78.2. The van der Waals surface area contributed by atoms with Crippen molar-refractivity contribution in [3.8, 4) is 0 Å². The molecular formula is C52H93N17O18S. The first-order chi connectivity index (χ1) is 41.4. The Hall–Kier alpha value is -7.80. The number of aliphatic hydroxyl groups is 4. The highest BCUT2D eigenvalue weighted by Gasteiger charge is 2.37. The van der Waals surface area contributed by atoms with Gasteiger partial charge in [0, 0.05) is 13.5 Å². The van der Waals surface area contributed by atoms with Crippen LogP contribution in [0.15, 0.2) is 0 Å². The van der Waals surface area contributed by atoms with Gasteiger partial charge in [-0.05, 0) is 82.3 Å². The summed E-state index contributed by atoms with van der Waals surface area (Å²) in [5.41, 5.74) is 16.5. The van der Waals surface area contributed by atoms with Gasteiger partial charge in [0.2, 0.25) is 76.8 Å². The molecule has 0 aliphatic carbocycles. The monoisotopic (exact) mass is 1280 g/mol. The summed E-state index contributed by atoms with van der Waals surface area (Å²) in [4.78, 5) is 183. The average Bonchev–Trinajstić information content (AvgIpc) is 3.65. The zero-order valence-electron chi connectivity index (χ0n) is 50.8. The Morgan fingerprint density at radius 3 is 1.33 bits per heavy atom. The number of ketones is 1. The molecule has 0 aromatic heterocycles. The number of amides is 13. The Labute approximate surface area is 514 Å². The molecule has 0 heterocycles. The van der Waals surface area contributed by atoms with E-state index < -0.39 is 188 Å². The molecule has 35 nitrogen and oxygen atoms in total. The summed E-state index contributed by atoms with van der Waals surface area (Å²) in [5.74, 6) is -14.3. The topological polar surface area (TPSA) is 578 Å². The maximum atomic E-state index is 14.2. The molecule has 0 aliphatic rings. The number of rotatable bonds is 45. The van der Waals surface area contributed by atoms with E-state index in [0.717, 1.165) is 0 Å². The van der Waals surface area contributed by atoms with Crippen LogP contribution in [-0.4, -0.2) is 234 Å². The molecule has 0 aromatic carbocycles. The van der Waals surface area contributed by atoms with Crippen molar-refractivity contribution in [1.29, 1.82) is 5.41 Å². The first-order valence-corrected chi connectivity index (χ1v) is 29.9. The second kappa shape index (κ2) is 43.8. The molecule has 0 fully saturated rings. The van der Waals surface area contributed by atoms with Gasteiger partial charge in [0.15, 0.2) is 5.96 Å². The molecule has 24 N–H and O–H groups in total. The molecular weight excluding hydrogens is 1180 g/mol. The minimum atomic E-state index is -1.95. The van der Waals surface area contributed by atoms with Gasteiger partial charge < -0.3 is 107 Å². The van der Waals surface area contributed by atoms with Crippen LogP contribution in [0.4, 0.5) is 0 Å². The van der Waals surface area contributed by atoms with Crippen LogP contribution in [0, 0.1) is 17.2 Å². The molecule has 11 unspecified atom stereocenters. The zero-order valence-corrected chi connectivity index (χ0v) is 51.6. The van der Waals surface area contributed by atoms with Crippen LogP contribution in [0.1, 0.15) is 99.3 Å². The lowest BCUT2D eigenvalue weighted by Crippen LogP contribution is -2.62. The summed E-state index contributed by atoms with van der Waals surface area (Å²) in [7, 11) is 0. The summed E-state index contributed by atoms with van der Waals surface area (Å²) >= 11 is 1.33. The highest BCUT2D eigenvalue weighted by Crippen LogP contribution is 2.12. The van der Waals surface area contributed by atoms with Gasteiger partial charge in [0.25, 0.3) is 0 Å². The van der Waals surface area contributed by atoms with E-state index in [9.17, 15) is 87.5 Å². The number of nitrogens with one attached hydrogen (secondary N) is 14. The number of carbonyl (C=O) groups excluding carboxylic acids is 14. The fourth-order valence-electron chi connectivity index (χ4n) is 7.92. The average molecular weight is 1280 g/mol. The molecule has 0 radical (unpaired) electrons. The number of Topliss-reactive ketones (excluding diaryl/α,β-unsaturated/α-hetero) is 1. The molecule has 0 aromatic rings. The predicted molar refractivity (Wildman–Crippen MR) is 318 cm³/mol. The van der Waals surface area contributed by atoms with Gasteiger partial charge in [-0.15, -0.1) is 0 Å². The Morgan fingerprint density at radius 1 is 0.477 bits per heavy atom. The summed E-state index contributed by atoms with van der Waals surface area (Å²) < 4.78 is 0. The second-order valence-corrected chi connectivity index (χ2v) is 21.9. The summed E-state index contributed by atoms with van der Waals surface area (Å²) in [6, 6.07) is -15.9. The van der Waals surface area contributed by atoms with Crippen LogP contribution >= 0.6 is 11.8 Å². The van der Waals surface area contributed by atoms with Crippen molar-refractivity contribution in [3.05, 3.63) is 0 Å². The first kappa shape index (κ1) is 80.2. The summed E-state index contributed by atoms with van der Waals surface area (Å²) in [6.45, 7) is 3.88.